The molecule has 0 bridgehead atoms. The van der Waals surface area contributed by atoms with Crippen LogP contribution in [0.25, 0.3) is 11.8 Å². The molecule has 1 N–H and O–H groups in total. The predicted molar refractivity (Wildman–Crippen MR) is 154 cm³/mol. The van der Waals surface area contributed by atoms with E-state index < -0.39 is 17.3 Å². The van der Waals surface area contributed by atoms with Crippen LogP contribution in [0, 0.1) is 6.92 Å². The number of rotatable bonds is 4. The van der Waals surface area contributed by atoms with Crippen molar-refractivity contribution in [2.45, 2.75) is 39.7 Å². The first-order valence-corrected chi connectivity index (χ1v) is 13.4. The van der Waals surface area contributed by atoms with Gasteiger partial charge in [-0.25, -0.2) is 18.8 Å². The number of aryl methyl sites for hydroxylation is 1. The van der Waals surface area contributed by atoms with E-state index in [0.717, 1.165) is 0 Å². The van der Waals surface area contributed by atoms with Gasteiger partial charge in [-0.15, -0.1) is 0 Å². The number of carbonyl (C=O) groups excluding carboxylic acids is 2. The van der Waals surface area contributed by atoms with E-state index in [0.29, 0.717) is 41.6 Å². The molecular weight excluding hydrogens is 527 g/mol. The predicted octanol–water partition coefficient (Wildman–Crippen LogP) is 3.75. The van der Waals surface area contributed by atoms with Gasteiger partial charge in [-0.05, 0) is 55.7 Å². The lowest BCUT2D eigenvalue weighted by atomic mass is 9.99. The summed E-state index contributed by atoms with van der Waals surface area (Å²) in [5.41, 5.74) is 0.702. The monoisotopic (exact) mass is 558 g/mol. The van der Waals surface area contributed by atoms with Gasteiger partial charge in [0.15, 0.2) is 17.4 Å². The Morgan fingerprint density at radius 2 is 1.95 bits per heavy atom. The molecule has 41 heavy (non-hydrogen) atoms. The summed E-state index contributed by atoms with van der Waals surface area (Å²) < 4.78 is 17.1. The Morgan fingerprint density at radius 1 is 1.22 bits per heavy atom. The molecule has 0 unspecified atom stereocenters. The average Bonchev–Trinajstić information content (AvgIpc) is 2.94. The first kappa shape index (κ1) is 27.9. The maximum absolute atomic E-state index is 15.9. The highest BCUT2D eigenvalue weighted by Gasteiger charge is 2.37. The number of hydroxylamine groups is 1. The van der Waals surface area contributed by atoms with Gasteiger partial charge < -0.3 is 9.80 Å². The van der Waals surface area contributed by atoms with E-state index in [9.17, 15) is 19.6 Å². The largest absolute Gasteiger partial charge is 0.355 e. The topological polar surface area (TPSA) is 112 Å². The maximum atomic E-state index is 15.9. The lowest BCUT2D eigenvalue weighted by molar-refractivity contribution is -0.126. The van der Waals surface area contributed by atoms with Gasteiger partial charge in [0.1, 0.15) is 11.5 Å². The van der Waals surface area contributed by atoms with Crippen LogP contribution in [-0.4, -0.2) is 62.0 Å². The molecule has 0 spiro atoms. The number of allylic oxidation sites excluding steroid dienone is 6. The van der Waals surface area contributed by atoms with Crippen molar-refractivity contribution >= 4 is 29.4 Å². The first-order chi connectivity index (χ1) is 19.5. The average molecular weight is 559 g/mol. The molecule has 1 atom stereocenters. The molecule has 2 aliphatic heterocycles. The van der Waals surface area contributed by atoms with Gasteiger partial charge in [0.2, 0.25) is 5.91 Å². The molecule has 1 fully saturated rings. The van der Waals surface area contributed by atoms with Crippen molar-refractivity contribution in [3.8, 4) is 5.69 Å². The van der Waals surface area contributed by atoms with E-state index in [1.807, 2.05) is 32.6 Å². The summed E-state index contributed by atoms with van der Waals surface area (Å²) in [5.74, 6) is -1.56. The maximum Gasteiger partial charge on any atom is 0.355 e. The van der Waals surface area contributed by atoms with Crippen LogP contribution in [-0.2, 0) is 9.59 Å². The number of piperazine rings is 1. The molecule has 1 amide bonds. The van der Waals surface area contributed by atoms with Gasteiger partial charge in [0.05, 0.1) is 22.5 Å². The van der Waals surface area contributed by atoms with Crippen LogP contribution in [0.15, 0.2) is 71.1 Å². The summed E-state index contributed by atoms with van der Waals surface area (Å²) in [6, 6.07) is 1.45. The molecule has 2 aromatic rings. The number of hydrogen-bond acceptors (Lipinski definition) is 8. The van der Waals surface area contributed by atoms with Crippen LogP contribution in [0.3, 0.4) is 0 Å². The van der Waals surface area contributed by atoms with E-state index in [-0.39, 0.29) is 46.3 Å². The molecule has 4 heterocycles. The fourth-order valence-electron chi connectivity index (χ4n) is 5.46. The molecule has 0 saturated carbocycles. The van der Waals surface area contributed by atoms with Crippen molar-refractivity contribution in [2.24, 2.45) is 0 Å². The number of carbonyl (C=O) groups is 2. The number of nitrogens with zero attached hydrogens (tertiary/aromatic N) is 6. The summed E-state index contributed by atoms with van der Waals surface area (Å²) in [4.78, 5) is 51.3. The Balaban J connectivity index is 1.80. The Labute approximate surface area is 236 Å². The summed E-state index contributed by atoms with van der Waals surface area (Å²) in [6.07, 6.45) is 9.86. The fourth-order valence-corrected chi connectivity index (χ4v) is 5.46. The summed E-state index contributed by atoms with van der Waals surface area (Å²) >= 11 is 0. The van der Waals surface area contributed by atoms with Gasteiger partial charge >= 0.3 is 5.69 Å². The summed E-state index contributed by atoms with van der Waals surface area (Å²) in [6.45, 7) is 12.1. The van der Waals surface area contributed by atoms with Gasteiger partial charge in [-0.3, -0.25) is 19.8 Å². The number of amides is 1. The number of halogens is 1. The summed E-state index contributed by atoms with van der Waals surface area (Å²) in [5, 5.41) is 12.2. The molecule has 3 aliphatic rings. The zero-order valence-electron chi connectivity index (χ0n) is 23.3. The van der Waals surface area contributed by atoms with Crippen LogP contribution in [0.2, 0.25) is 0 Å². The van der Waals surface area contributed by atoms with E-state index in [2.05, 4.69) is 16.5 Å². The van der Waals surface area contributed by atoms with Crippen molar-refractivity contribution in [1.82, 2.24) is 19.4 Å². The molecule has 1 aliphatic carbocycles. The molecule has 0 aromatic carbocycles. The third-order valence-corrected chi connectivity index (χ3v) is 7.45. The van der Waals surface area contributed by atoms with Crippen molar-refractivity contribution in [1.29, 1.82) is 0 Å². The van der Waals surface area contributed by atoms with E-state index in [4.69, 9.17) is 0 Å². The van der Waals surface area contributed by atoms with Crippen molar-refractivity contribution in [3.63, 3.8) is 0 Å². The third-order valence-electron chi connectivity index (χ3n) is 7.45. The molecule has 1 saturated heterocycles. The van der Waals surface area contributed by atoms with Crippen molar-refractivity contribution < 1.29 is 19.2 Å². The minimum Gasteiger partial charge on any atom is -0.350 e. The summed E-state index contributed by atoms with van der Waals surface area (Å²) in [7, 11) is 0. The standard InChI is InChI=1S/C30H31FN6O4/c1-6-24(39)34-13-14-35(19(5)16-34)28-21-15-22(31)27(20-9-7-8-10-23(20)38)37(41)29(21)36(30(40)33-28)26-18(4)11-12-32-25(26)17(2)3/h6-12,15,17,19,41H,1,13-14,16H2,2-5H3/b27-20+/t19-/m0/s1. The van der Waals surface area contributed by atoms with E-state index >= 15 is 4.39 Å². The Hall–Kier alpha value is -4.64. The Bertz CT molecular complexity index is 1650. The van der Waals surface area contributed by atoms with Crippen LogP contribution in [0.5, 0.6) is 0 Å². The minimum atomic E-state index is -0.864. The normalized spacial score (nSPS) is 20.5. The molecule has 5 rings (SSSR count). The molecule has 0 radical (unpaired) electrons. The number of hydrogen-bond donors (Lipinski definition) is 1. The number of pyridine rings is 1. The van der Waals surface area contributed by atoms with Gasteiger partial charge in [-0.1, -0.05) is 32.6 Å². The second-order valence-electron chi connectivity index (χ2n) is 10.5. The Morgan fingerprint density at radius 3 is 2.61 bits per heavy atom. The molecule has 10 nitrogen and oxygen atoms in total. The second-order valence-corrected chi connectivity index (χ2v) is 10.5. The third kappa shape index (κ3) is 4.71. The minimum absolute atomic E-state index is 0.0607. The van der Waals surface area contributed by atoms with Gasteiger partial charge in [-0.2, -0.15) is 4.98 Å². The molecule has 212 valence electrons. The van der Waals surface area contributed by atoms with Gasteiger partial charge in [0.25, 0.3) is 0 Å². The van der Waals surface area contributed by atoms with E-state index in [1.165, 1.54) is 34.9 Å². The number of ketones is 1. The smallest absolute Gasteiger partial charge is 0.350 e. The van der Waals surface area contributed by atoms with Crippen LogP contribution < -0.4 is 15.7 Å². The van der Waals surface area contributed by atoms with Crippen LogP contribution >= 0.6 is 0 Å². The molecule has 11 heteroatoms. The second kappa shape index (κ2) is 10.7. The van der Waals surface area contributed by atoms with E-state index in [1.54, 1.807) is 23.2 Å². The zero-order chi connectivity index (χ0) is 29.6. The number of anilines is 2. The van der Waals surface area contributed by atoms with Crippen LogP contribution in [0.1, 0.15) is 43.5 Å². The zero-order valence-corrected chi connectivity index (χ0v) is 23.3. The molecular formula is C30H31FN6O4. The lowest BCUT2D eigenvalue weighted by Gasteiger charge is -2.41. The lowest BCUT2D eigenvalue weighted by Crippen LogP contribution is -2.54. The first-order valence-electron chi connectivity index (χ1n) is 13.4. The van der Waals surface area contributed by atoms with Crippen molar-refractivity contribution in [3.05, 3.63) is 93.6 Å². The quantitative estimate of drug-likeness (QED) is 0.565. The van der Waals surface area contributed by atoms with Gasteiger partial charge in [0, 0.05) is 31.9 Å². The number of fused-ring (bicyclic) bond motifs is 1. The highest BCUT2D eigenvalue weighted by atomic mass is 19.1. The van der Waals surface area contributed by atoms with Crippen LogP contribution in [0.4, 0.5) is 16.0 Å². The fraction of sp³-hybridized carbons (Fsp3) is 0.300. The highest BCUT2D eigenvalue weighted by molar-refractivity contribution is 6.09. The Kier molecular flexibility index (Phi) is 7.31. The molecule has 2 aromatic heterocycles. The van der Waals surface area contributed by atoms with Crippen molar-refractivity contribution in [2.75, 3.05) is 29.6 Å². The SMILES string of the molecule is C=CC(=O)N1CCN(c2nc(=O)n(-c3c(C)ccnc3C(C)C)c3c2C=C(F)/C(=C2/C=CC=CC2=O)N3O)[C@@H](C)C1. The highest BCUT2D eigenvalue weighted by Crippen LogP contribution is 2.42. The number of aromatic nitrogens is 3.